The van der Waals surface area contributed by atoms with Crippen molar-refractivity contribution in [3.8, 4) is 0 Å². The van der Waals surface area contributed by atoms with E-state index in [-0.39, 0.29) is 17.1 Å². The first kappa shape index (κ1) is 9.14. The molecule has 0 nitrogen and oxygen atoms in total. The van der Waals surface area contributed by atoms with Crippen molar-refractivity contribution >= 4 is 20.4 Å². The molecule has 0 spiro atoms. The van der Waals surface area contributed by atoms with Gasteiger partial charge in [-0.1, -0.05) is 0 Å². The van der Waals surface area contributed by atoms with E-state index in [0.717, 1.165) is 0 Å². The molecular weight excluding hydrogens is 185 g/mol. The summed E-state index contributed by atoms with van der Waals surface area (Å²) < 4.78 is 0. The Labute approximate surface area is 50.1 Å². The normalized spacial score (nSPS) is 5.50. The van der Waals surface area contributed by atoms with Gasteiger partial charge in [0.05, 0.1) is 0 Å². The number of rotatable bonds is 0. The summed E-state index contributed by atoms with van der Waals surface area (Å²) in [7, 11) is 9.40. The number of halogens is 2. The fourth-order valence-electron chi connectivity index (χ4n) is 0. The van der Waals surface area contributed by atoms with Gasteiger partial charge >= 0.3 is 50.1 Å². The van der Waals surface area contributed by atoms with Crippen LogP contribution < -0.4 is 0 Å². The van der Waals surface area contributed by atoms with Gasteiger partial charge in [-0.3, -0.25) is 0 Å². The van der Waals surface area contributed by atoms with Crippen molar-refractivity contribution in [1.29, 1.82) is 0 Å². The molecule has 4 heteroatoms. The van der Waals surface area contributed by atoms with Gasteiger partial charge in [0.15, 0.2) is 0 Å². The van der Waals surface area contributed by atoms with E-state index in [0.29, 0.717) is 12.7 Å². The molecule has 0 aliphatic heterocycles. The van der Waals surface area contributed by atoms with Crippen LogP contribution in [0.4, 0.5) is 0 Å². The molecule has 0 bridgehead atoms. The van der Waals surface area contributed by atoms with Gasteiger partial charge in [0.25, 0.3) is 0 Å². The van der Waals surface area contributed by atoms with Gasteiger partial charge < -0.3 is 0 Å². The maximum absolute atomic E-state index is 4.70. The molecule has 0 saturated carbocycles. The molecule has 0 aromatic carbocycles. The van der Waals surface area contributed by atoms with Crippen molar-refractivity contribution in [1.82, 2.24) is 0 Å². The molecule has 0 unspecified atom stereocenters. The Bertz CT molecular complexity index is 6.00. The van der Waals surface area contributed by atoms with Gasteiger partial charge in [0.2, 0.25) is 0 Å². The summed E-state index contributed by atoms with van der Waals surface area (Å²) in [4.78, 5) is 0. The molecule has 0 fully saturated rings. The summed E-state index contributed by atoms with van der Waals surface area (Å²) in [6.45, 7) is 0. The van der Waals surface area contributed by atoms with Crippen molar-refractivity contribution in [2.75, 3.05) is 0 Å². The van der Waals surface area contributed by atoms with Crippen LogP contribution in [0.1, 0.15) is 0 Å². The number of hydrogen-bond acceptors (Lipinski definition) is 0. The van der Waals surface area contributed by atoms with Gasteiger partial charge in [-0.15, -0.1) is 0 Å². The summed E-state index contributed by atoms with van der Waals surface area (Å²) in [5.74, 6) is 0. The minimum absolute atomic E-state index is 0. The smallest absolute Gasteiger partial charge is 3.00 e. The van der Waals surface area contributed by atoms with Gasteiger partial charge in [-0.2, -0.15) is 0 Å². The summed E-state index contributed by atoms with van der Waals surface area (Å²) in [6.07, 6.45) is 0. The first-order chi connectivity index (χ1) is 1.41. The third-order valence-corrected chi connectivity index (χ3v) is 0. The SMILES string of the molecule is [Cl][Ni][Cl].[Fe+3]. The standard InChI is InChI=1S/2ClH.Fe.Ni/h2*1H;;/q;;+3;+2/p-2. The third-order valence-electron chi connectivity index (χ3n) is 0. The molecule has 0 N–H and O–H groups in total. The van der Waals surface area contributed by atoms with Crippen LogP contribution in [0.15, 0.2) is 0 Å². The summed E-state index contributed by atoms with van der Waals surface area (Å²) in [5.41, 5.74) is 0. The molecule has 0 rings (SSSR count). The van der Waals surface area contributed by atoms with E-state index >= 15 is 0 Å². The van der Waals surface area contributed by atoms with Gasteiger partial charge in [-0.25, -0.2) is 0 Å². The van der Waals surface area contributed by atoms with E-state index in [9.17, 15) is 0 Å². The predicted octanol–water partition coefficient (Wildman–Crippen LogP) is 1.37. The zero-order valence-electron chi connectivity index (χ0n) is 1.43. The Hall–Kier alpha value is 1.59. The molecule has 0 aromatic heterocycles. The second kappa shape index (κ2) is 8.82. The first-order valence-electron chi connectivity index (χ1n) is 0.239. The largest absolute Gasteiger partial charge is 3.00 e. The molecule has 0 amide bonds. The second-order valence-electron chi connectivity index (χ2n) is 0.0452. The van der Waals surface area contributed by atoms with Gasteiger partial charge in [0.1, 0.15) is 0 Å². The first-order valence-corrected chi connectivity index (χ1v) is 2.96. The maximum Gasteiger partial charge on any atom is 3.00 e. The molecule has 0 heterocycles. The Morgan fingerprint density at radius 3 is 1.25 bits per heavy atom. The second-order valence-corrected chi connectivity index (χ2v) is 1.68. The van der Waals surface area contributed by atoms with Crippen molar-refractivity contribution in [2.45, 2.75) is 0 Å². The zero-order chi connectivity index (χ0) is 2.71. The van der Waals surface area contributed by atoms with Crippen molar-refractivity contribution in [3.63, 3.8) is 0 Å². The Kier molecular flexibility index (Phi) is 20.1. The molecule has 0 aliphatic rings. The topological polar surface area (TPSA) is 0 Å². The fourth-order valence-corrected chi connectivity index (χ4v) is 0. The molecule has 0 saturated heterocycles. The van der Waals surface area contributed by atoms with Crippen LogP contribution in [0.25, 0.3) is 0 Å². The van der Waals surface area contributed by atoms with E-state index in [1.54, 1.807) is 0 Å². The van der Waals surface area contributed by atoms with E-state index in [1.807, 2.05) is 0 Å². The molecule has 29 valence electrons. The van der Waals surface area contributed by atoms with Crippen LogP contribution >= 0.6 is 20.4 Å². The average Bonchev–Trinajstić information content (AvgIpc) is 0.918. The summed E-state index contributed by atoms with van der Waals surface area (Å²) >= 11 is 0.569. The molecule has 1 radical (unpaired) electrons. The average molecular weight is 185 g/mol. The van der Waals surface area contributed by atoms with E-state index < -0.39 is 0 Å². The monoisotopic (exact) mass is 184 g/mol. The van der Waals surface area contributed by atoms with E-state index in [4.69, 9.17) is 20.4 Å². The van der Waals surface area contributed by atoms with Crippen molar-refractivity contribution in [2.24, 2.45) is 0 Å². The Morgan fingerprint density at radius 1 is 1.25 bits per heavy atom. The Morgan fingerprint density at radius 2 is 1.25 bits per heavy atom. The van der Waals surface area contributed by atoms with Crippen LogP contribution in [-0.4, -0.2) is 0 Å². The fraction of sp³-hybridized carbons (Fsp3) is 0. The molecule has 0 atom stereocenters. The Balaban J connectivity index is 0. The van der Waals surface area contributed by atoms with Crippen LogP contribution in [0.5, 0.6) is 0 Å². The molecular formula is Cl2FeNi+3. The van der Waals surface area contributed by atoms with Crippen LogP contribution in [-0.2, 0) is 29.7 Å². The van der Waals surface area contributed by atoms with Gasteiger partial charge in [0, 0.05) is 0 Å². The summed E-state index contributed by atoms with van der Waals surface area (Å²) in [6, 6.07) is 0. The molecule has 0 aromatic rings. The number of hydrogen-bond donors (Lipinski definition) is 0. The van der Waals surface area contributed by atoms with Crippen LogP contribution in [0.3, 0.4) is 0 Å². The van der Waals surface area contributed by atoms with E-state index in [2.05, 4.69) is 0 Å². The van der Waals surface area contributed by atoms with Crippen molar-refractivity contribution < 1.29 is 29.7 Å². The predicted molar refractivity (Wildman–Crippen MR) is 11.7 cm³/mol. The van der Waals surface area contributed by atoms with Crippen molar-refractivity contribution in [3.05, 3.63) is 0 Å². The third kappa shape index (κ3) is 9.52. The zero-order valence-corrected chi connectivity index (χ0v) is 5.03. The minimum Gasteiger partial charge on any atom is 3.00 e. The van der Waals surface area contributed by atoms with Crippen LogP contribution in [0.2, 0.25) is 0 Å². The molecule has 4 heavy (non-hydrogen) atoms. The van der Waals surface area contributed by atoms with Gasteiger partial charge in [-0.05, 0) is 0 Å². The van der Waals surface area contributed by atoms with Crippen LogP contribution in [0, 0.1) is 0 Å². The molecule has 0 aliphatic carbocycles. The van der Waals surface area contributed by atoms with E-state index in [1.165, 1.54) is 0 Å². The summed E-state index contributed by atoms with van der Waals surface area (Å²) in [5, 5.41) is 0. The quantitative estimate of drug-likeness (QED) is 0.500. The minimum atomic E-state index is 0. The maximum atomic E-state index is 4.70.